The first-order valence-electron chi connectivity index (χ1n) is 4.56. The Morgan fingerprint density at radius 3 is 2.31 bits per heavy atom. The van der Waals surface area contributed by atoms with Gasteiger partial charge in [0.05, 0.1) is 21.4 Å². The van der Waals surface area contributed by atoms with E-state index in [0.29, 0.717) is 21.4 Å². The van der Waals surface area contributed by atoms with E-state index in [-0.39, 0.29) is 0 Å². The van der Waals surface area contributed by atoms with Gasteiger partial charge < -0.3 is 16.8 Å². The lowest BCUT2D eigenvalue weighted by atomic mass is 10.0. The first-order chi connectivity index (χ1) is 7.24. The van der Waals surface area contributed by atoms with Crippen LogP contribution in [0.5, 0.6) is 0 Å². The van der Waals surface area contributed by atoms with E-state index >= 15 is 0 Å². The SMILES string of the molecule is CC(C)(Nc1cc(Cl)c(Cl)cc1N)C(N)=O. The van der Waals surface area contributed by atoms with Gasteiger partial charge in [-0.15, -0.1) is 0 Å². The summed E-state index contributed by atoms with van der Waals surface area (Å²) in [6, 6.07) is 3.08. The van der Waals surface area contributed by atoms with Gasteiger partial charge >= 0.3 is 0 Å². The number of anilines is 2. The third kappa shape index (κ3) is 2.71. The minimum absolute atomic E-state index is 0.360. The average Bonchev–Trinajstić information content (AvgIpc) is 2.13. The number of primary amides is 1. The number of hydrogen-bond acceptors (Lipinski definition) is 3. The van der Waals surface area contributed by atoms with Gasteiger partial charge in [0, 0.05) is 0 Å². The van der Waals surface area contributed by atoms with E-state index in [1.165, 1.54) is 6.07 Å². The molecule has 0 bridgehead atoms. The Hall–Kier alpha value is -1.13. The second-order valence-corrected chi connectivity index (χ2v) is 4.78. The minimum Gasteiger partial charge on any atom is -0.397 e. The molecule has 0 aromatic heterocycles. The fourth-order valence-electron chi connectivity index (χ4n) is 1.07. The van der Waals surface area contributed by atoms with Crippen molar-refractivity contribution in [3.63, 3.8) is 0 Å². The summed E-state index contributed by atoms with van der Waals surface area (Å²) in [4.78, 5) is 11.1. The fourth-order valence-corrected chi connectivity index (χ4v) is 1.40. The molecule has 0 saturated heterocycles. The van der Waals surface area contributed by atoms with Crippen molar-refractivity contribution >= 4 is 40.5 Å². The van der Waals surface area contributed by atoms with Gasteiger partial charge in [-0.2, -0.15) is 0 Å². The lowest BCUT2D eigenvalue weighted by molar-refractivity contribution is -0.121. The third-order valence-corrected chi connectivity index (χ3v) is 2.88. The van der Waals surface area contributed by atoms with Crippen LogP contribution < -0.4 is 16.8 Å². The van der Waals surface area contributed by atoms with Crippen molar-refractivity contribution in [1.29, 1.82) is 0 Å². The third-order valence-electron chi connectivity index (χ3n) is 2.16. The number of hydrogen-bond donors (Lipinski definition) is 3. The Bertz CT molecular complexity index is 432. The zero-order valence-corrected chi connectivity index (χ0v) is 10.5. The molecule has 0 aliphatic heterocycles. The topological polar surface area (TPSA) is 81.1 Å². The average molecular weight is 262 g/mol. The summed E-state index contributed by atoms with van der Waals surface area (Å²) in [6.45, 7) is 3.30. The molecule has 0 fully saturated rings. The molecule has 0 heterocycles. The minimum atomic E-state index is -0.911. The molecule has 0 radical (unpaired) electrons. The van der Waals surface area contributed by atoms with Crippen LogP contribution in [-0.4, -0.2) is 11.4 Å². The van der Waals surface area contributed by atoms with Crippen LogP contribution >= 0.6 is 23.2 Å². The Labute approximate surface area is 104 Å². The molecule has 88 valence electrons. The molecular formula is C10H13Cl2N3O. The normalized spacial score (nSPS) is 11.2. The van der Waals surface area contributed by atoms with Crippen LogP contribution in [0.1, 0.15) is 13.8 Å². The molecule has 6 heteroatoms. The molecule has 0 spiro atoms. The number of amides is 1. The van der Waals surface area contributed by atoms with E-state index < -0.39 is 11.4 Å². The molecule has 0 saturated carbocycles. The number of rotatable bonds is 3. The second kappa shape index (κ2) is 4.39. The van der Waals surface area contributed by atoms with Gasteiger partial charge in [-0.1, -0.05) is 23.2 Å². The van der Waals surface area contributed by atoms with Gasteiger partial charge in [-0.3, -0.25) is 4.79 Å². The number of halogens is 2. The standard InChI is InChI=1S/C10H13Cl2N3O/c1-10(2,9(14)16)15-8-4-6(12)5(11)3-7(8)13/h3-4,15H,13H2,1-2H3,(H2,14,16). The highest BCUT2D eigenvalue weighted by Crippen LogP contribution is 2.32. The first kappa shape index (κ1) is 12.9. The van der Waals surface area contributed by atoms with Gasteiger partial charge in [0.15, 0.2) is 0 Å². The maximum atomic E-state index is 11.1. The van der Waals surface area contributed by atoms with Gasteiger partial charge in [0.1, 0.15) is 5.54 Å². The second-order valence-electron chi connectivity index (χ2n) is 3.97. The predicted molar refractivity (Wildman–Crippen MR) is 67.8 cm³/mol. The van der Waals surface area contributed by atoms with E-state index in [4.69, 9.17) is 34.7 Å². The van der Waals surface area contributed by atoms with E-state index in [0.717, 1.165) is 0 Å². The van der Waals surface area contributed by atoms with Crippen molar-refractivity contribution in [2.24, 2.45) is 5.73 Å². The Morgan fingerprint density at radius 2 is 1.81 bits per heavy atom. The van der Waals surface area contributed by atoms with Crippen molar-refractivity contribution in [2.45, 2.75) is 19.4 Å². The molecule has 5 N–H and O–H groups in total. The smallest absolute Gasteiger partial charge is 0.242 e. The molecular weight excluding hydrogens is 249 g/mol. The van der Waals surface area contributed by atoms with Crippen LogP contribution in [0.2, 0.25) is 10.0 Å². The largest absolute Gasteiger partial charge is 0.397 e. The monoisotopic (exact) mass is 261 g/mol. The van der Waals surface area contributed by atoms with Crippen molar-refractivity contribution in [3.05, 3.63) is 22.2 Å². The van der Waals surface area contributed by atoms with Crippen LogP contribution in [0.4, 0.5) is 11.4 Å². The van der Waals surface area contributed by atoms with Crippen molar-refractivity contribution in [2.75, 3.05) is 11.1 Å². The first-order valence-corrected chi connectivity index (χ1v) is 5.32. The summed E-state index contributed by atoms with van der Waals surface area (Å²) >= 11 is 11.6. The molecule has 1 aromatic carbocycles. The Kier molecular flexibility index (Phi) is 3.55. The summed E-state index contributed by atoms with van der Waals surface area (Å²) in [7, 11) is 0. The quantitative estimate of drug-likeness (QED) is 0.731. The lowest BCUT2D eigenvalue weighted by Gasteiger charge is -2.24. The van der Waals surface area contributed by atoms with Gasteiger partial charge in [-0.05, 0) is 26.0 Å². The predicted octanol–water partition coefficient (Wildman–Crippen LogP) is 2.25. The van der Waals surface area contributed by atoms with E-state index in [1.54, 1.807) is 19.9 Å². The van der Waals surface area contributed by atoms with Crippen LogP contribution in [0.25, 0.3) is 0 Å². The molecule has 16 heavy (non-hydrogen) atoms. The number of nitrogen functional groups attached to an aromatic ring is 1. The summed E-state index contributed by atoms with van der Waals surface area (Å²) in [6.07, 6.45) is 0. The summed E-state index contributed by atoms with van der Waals surface area (Å²) in [5.74, 6) is -0.488. The van der Waals surface area contributed by atoms with Gasteiger partial charge in [0.2, 0.25) is 5.91 Å². The molecule has 0 aliphatic carbocycles. The zero-order chi connectivity index (χ0) is 12.5. The molecule has 0 unspecified atom stereocenters. The number of carbonyl (C=O) groups excluding carboxylic acids is 1. The molecule has 1 rings (SSSR count). The van der Waals surface area contributed by atoms with Crippen LogP contribution in [-0.2, 0) is 4.79 Å². The van der Waals surface area contributed by atoms with Crippen LogP contribution in [0.3, 0.4) is 0 Å². The van der Waals surface area contributed by atoms with Gasteiger partial charge in [-0.25, -0.2) is 0 Å². The highest BCUT2D eigenvalue weighted by Gasteiger charge is 2.25. The fraction of sp³-hybridized carbons (Fsp3) is 0.300. The summed E-state index contributed by atoms with van der Waals surface area (Å²) in [5, 5.41) is 3.63. The Balaban J connectivity index is 3.07. The van der Waals surface area contributed by atoms with Crippen molar-refractivity contribution < 1.29 is 4.79 Å². The zero-order valence-electron chi connectivity index (χ0n) is 8.97. The molecule has 0 atom stereocenters. The van der Waals surface area contributed by atoms with E-state index in [1.807, 2.05) is 0 Å². The Morgan fingerprint density at radius 1 is 1.31 bits per heavy atom. The number of nitrogens with one attached hydrogen (secondary N) is 1. The molecule has 1 aromatic rings. The maximum Gasteiger partial charge on any atom is 0.242 e. The number of nitrogens with two attached hydrogens (primary N) is 2. The van der Waals surface area contributed by atoms with E-state index in [9.17, 15) is 4.79 Å². The maximum absolute atomic E-state index is 11.1. The van der Waals surface area contributed by atoms with Crippen molar-refractivity contribution in [1.82, 2.24) is 0 Å². The number of carbonyl (C=O) groups is 1. The molecule has 1 amide bonds. The highest BCUT2D eigenvalue weighted by atomic mass is 35.5. The molecule has 0 aliphatic rings. The lowest BCUT2D eigenvalue weighted by Crippen LogP contribution is -2.45. The summed E-state index contributed by atoms with van der Waals surface area (Å²) < 4.78 is 0. The van der Waals surface area contributed by atoms with Crippen molar-refractivity contribution in [3.8, 4) is 0 Å². The van der Waals surface area contributed by atoms with Crippen LogP contribution in [0, 0.1) is 0 Å². The molecule has 4 nitrogen and oxygen atoms in total. The van der Waals surface area contributed by atoms with Gasteiger partial charge in [0.25, 0.3) is 0 Å². The van der Waals surface area contributed by atoms with E-state index in [2.05, 4.69) is 5.32 Å². The van der Waals surface area contributed by atoms with Crippen LogP contribution in [0.15, 0.2) is 12.1 Å². The number of benzene rings is 1. The summed E-state index contributed by atoms with van der Waals surface area (Å²) in [5.41, 5.74) is 11.0. The highest BCUT2D eigenvalue weighted by molar-refractivity contribution is 6.42.